The summed E-state index contributed by atoms with van der Waals surface area (Å²) >= 11 is -0.181. The van der Waals surface area contributed by atoms with Crippen LogP contribution in [0.15, 0.2) is 18.2 Å². The molecule has 5 nitrogen and oxygen atoms in total. The lowest BCUT2D eigenvalue weighted by atomic mass is 10.2. The first-order valence-electron chi connectivity index (χ1n) is 5.14. The number of halogens is 3. The molecule has 0 atom stereocenters. The molecule has 0 amide bonds. The zero-order valence-corrected chi connectivity index (χ0v) is 10.2. The van der Waals surface area contributed by atoms with Crippen molar-refractivity contribution in [2.24, 2.45) is 0 Å². The van der Waals surface area contributed by atoms with Gasteiger partial charge in [0.25, 0.3) is 0 Å². The van der Waals surface area contributed by atoms with Crippen molar-refractivity contribution in [2.45, 2.75) is 12.1 Å². The molecule has 102 valence electrons. The predicted octanol–water partition coefficient (Wildman–Crippen LogP) is 2.38. The molecule has 0 radical (unpaired) electrons. The van der Waals surface area contributed by atoms with Crippen LogP contribution in [0, 0.1) is 0 Å². The van der Waals surface area contributed by atoms with E-state index in [2.05, 4.69) is 10.3 Å². The van der Waals surface area contributed by atoms with Gasteiger partial charge >= 0.3 is 11.5 Å². The van der Waals surface area contributed by atoms with Crippen LogP contribution in [-0.2, 0) is 6.54 Å². The van der Waals surface area contributed by atoms with E-state index in [-0.39, 0.29) is 35.1 Å². The highest BCUT2D eigenvalue weighted by molar-refractivity contribution is 8.00. The van der Waals surface area contributed by atoms with Crippen molar-refractivity contribution in [3.63, 3.8) is 0 Å². The third kappa shape index (κ3) is 3.16. The fourth-order valence-electron chi connectivity index (χ4n) is 1.61. The van der Waals surface area contributed by atoms with Gasteiger partial charge in [0.05, 0.1) is 12.1 Å². The first kappa shape index (κ1) is 13.7. The van der Waals surface area contributed by atoms with Gasteiger partial charge in [-0.2, -0.15) is 13.2 Å². The average molecular weight is 291 g/mol. The molecule has 0 spiro atoms. The monoisotopic (exact) mass is 291 g/mol. The summed E-state index contributed by atoms with van der Waals surface area (Å²) in [5.74, 6) is -1.42. The predicted molar refractivity (Wildman–Crippen MR) is 63.0 cm³/mol. The number of thioether (sulfide) groups is 1. The Morgan fingerprint density at radius 1 is 1.42 bits per heavy atom. The molecule has 0 fully saturated rings. The van der Waals surface area contributed by atoms with Crippen LogP contribution in [0.25, 0.3) is 11.0 Å². The highest BCUT2D eigenvalue weighted by Gasteiger charge is 2.27. The molecule has 1 aromatic heterocycles. The van der Waals surface area contributed by atoms with E-state index in [0.717, 1.165) is 0 Å². The molecule has 9 heteroatoms. The molecule has 0 aliphatic heterocycles. The van der Waals surface area contributed by atoms with Gasteiger partial charge < -0.3 is 5.11 Å². The van der Waals surface area contributed by atoms with Crippen molar-refractivity contribution in [2.75, 3.05) is 5.75 Å². The summed E-state index contributed by atoms with van der Waals surface area (Å²) in [6.45, 7) is -0.0645. The van der Waals surface area contributed by atoms with Gasteiger partial charge in [0.15, 0.2) is 0 Å². The molecule has 0 aliphatic rings. The van der Waals surface area contributed by atoms with E-state index in [9.17, 15) is 18.0 Å². The number of carboxylic acid groups (broad SMARTS) is 1. The SMILES string of the molecule is O=C(O)c1cccc2nnn(CCSC(F)(F)F)c12. The third-order valence-corrected chi connectivity index (χ3v) is 3.05. The summed E-state index contributed by atoms with van der Waals surface area (Å²) < 4.78 is 37.3. The largest absolute Gasteiger partial charge is 0.478 e. The van der Waals surface area contributed by atoms with E-state index in [0.29, 0.717) is 5.52 Å². The Hall–Kier alpha value is -1.77. The van der Waals surface area contributed by atoms with Crippen LogP contribution >= 0.6 is 11.8 Å². The molecule has 0 saturated heterocycles. The van der Waals surface area contributed by atoms with Crippen LogP contribution < -0.4 is 0 Å². The summed E-state index contributed by atoms with van der Waals surface area (Å²) in [4.78, 5) is 11.0. The zero-order valence-electron chi connectivity index (χ0n) is 9.39. The second-order valence-corrected chi connectivity index (χ2v) is 4.75. The highest BCUT2D eigenvalue weighted by atomic mass is 32.2. The Labute approximate surface area is 109 Å². The summed E-state index contributed by atoms with van der Waals surface area (Å²) in [5, 5.41) is 16.4. The topological polar surface area (TPSA) is 68.0 Å². The van der Waals surface area contributed by atoms with Gasteiger partial charge in [-0.25, -0.2) is 9.48 Å². The van der Waals surface area contributed by atoms with E-state index >= 15 is 0 Å². The number of benzene rings is 1. The Morgan fingerprint density at radius 2 is 2.16 bits per heavy atom. The van der Waals surface area contributed by atoms with Crippen molar-refractivity contribution in [3.05, 3.63) is 23.8 Å². The lowest BCUT2D eigenvalue weighted by molar-refractivity contribution is -0.0328. The molecule has 1 aromatic carbocycles. The number of aromatic nitrogens is 3. The molecule has 1 N–H and O–H groups in total. The lowest BCUT2D eigenvalue weighted by Crippen LogP contribution is -2.10. The molecule has 0 aliphatic carbocycles. The Bertz CT molecular complexity index is 612. The van der Waals surface area contributed by atoms with Gasteiger partial charge in [-0.3, -0.25) is 0 Å². The second kappa shape index (κ2) is 5.08. The minimum Gasteiger partial charge on any atom is -0.478 e. The van der Waals surface area contributed by atoms with E-state index in [1.807, 2.05) is 0 Å². The van der Waals surface area contributed by atoms with Gasteiger partial charge in [-0.1, -0.05) is 11.3 Å². The Kier molecular flexibility index (Phi) is 3.65. The number of para-hydroxylation sites is 1. The van der Waals surface area contributed by atoms with E-state index in [1.54, 1.807) is 6.07 Å². The maximum absolute atomic E-state index is 12.0. The lowest BCUT2D eigenvalue weighted by Gasteiger charge is -2.06. The minimum atomic E-state index is -4.31. The van der Waals surface area contributed by atoms with Crippen LogP contribution in [0.5, 0.6) is 0 Å². The molecule has 1 heterocycles. The van der Waals surface area contributed by atoms with Gasteiger partial charge in [-0.15, -0.1) is 5.10 Å². The third-order valence-electron chi connectivity index (χ3n) is 2.33. The summed E-state index contributed by atoms with van der Waals surface area (Å²) in [5.41, 5.74) is -3.76. The van der Waals surface area contributed by atoms with Crippen LogP contribution in [0.3, 0.4) is 0 Å². The molecule has 19 heavy (non-hydrogen) atoms. The first-order valence-corrected chi connectivity index (χ1v) is 6.13. The van der Waals surface area contributed by atoms with E-state index in [4.69, 9.17) is 5.11 Å². The molecule has 0 bridgehead atoms. The van der Waals surface area contributed by atoms with Crippen molar-refractivity contribution in [1.82, 2.24) is 15.0 Å². The normalized spacial score (nSPS) is 11.9. The van der Waals surface area contributed by atoms with Gasteiger partial charge in [0.2, 0.25) is 0 Å². The molecule has 0 saturated carbocycles. The number of nitrogens with zero attached hydrogens (tertiary/aromatic N) is 3. The van der Waals surface area contributed by atoms with Crippen molar-refractivity contribution >= 4 is 28.8 Å². The number of carboxylic acids is 1. The van der Waals surface area contributed by atoms with Crippen molar-refractivity contribution < 1.29 is 23.1 Å². The van der Waals surface area contributed by atoms with Crippen LogP contribution in [0.2, 0.25) is 0 Å². The number of carbonyl (C=O) groups is 1. The van der Waals surface area contributed by atoms with Gasteiger partial charge in [-0.05, 0) is 23.9 Å². The van der Waals surface area contributed by atoms with E-state index in [1.165, 1.54) is 16.8 Å². The van der Waals surface area contributed by atoms with Crippen LogP contribution in [0.1, 0.15) is 10.4 Å². The summed E-state index contributed by atoms with van der Waals surface area (Å²) in [7, 11) is 0. The molecule has 2 aromatic rings. The minimum absolute atomic E-state index is 0.0282. The van der Waals surface area contributed by atoms with Gasteiger partial charge in [0, 0.05) is 5.75 Å². The fraction of sp³-hybridized carbons (Fsp3) is 0.300. The summed E-state index contributed by atoms with van der Waals surface area (Å²) in [6, 6.07) is 4.43. The number of fused-ring (bicyclic) bond motifs is 1. The first-order chi connectivity index (χ1) is 8.88. The average Bonchev–Trinajstić information content (AvgIpc) is 2.70. The van der Waals surface area contributed by atoms with Crippen LogP contribution in [-0.4, -0.2) is 37.3 Å². The molecular formula is C10H8F3N3O2S. The standard InChI is InChI=1S/C10H8F3N3O2S/c11-10(12,13)19-5-4-16-8-6(9(17)18)2-1-3-7(8)14-15-16/h1-3H,4-5H2,(H,17,18). The molecule has 2 rings (SSSR count). The van der Waals surface area contributed by atoms with Crippen molar-refractivity contribution in [3.8, 4) is 0 Å². The maximum atomic E-state index is 12.0. The number of aryl methyl sites for hydroxylation is 1. The second-order valence-electron chi connectivity index (χ2n) is 3.59. The molecule has 0 unspecified atom stereocenters. The number of aromatic carboxylic acids is 1. The Balaban J connectivity index is 2.26. The highest BCUT2D eigenvalue weighted by Crippen LogP contribution is 2.30. The number of hydrogen-bond donors (Lipinski definition) is 1. The van der Waals surface area contributed by atoms with Gasteiger partial charge in [0.1, 0.15) is 11.0 Å². The molecular weight excluding hydrogens is 283 g/mol. The quantitative estimate of drug-likeness (QED) is 0.936. The maximum Gasteiger partial charge on any atom is 0.441 e. The fourth-order valence-corrected chi connectivity index (χ4v) is 2.10. The number of alkyl halides is 3. The van der Waals surface area contributed by atoms with Crippen molar-refractivity contribution in [1.29, 1.82) is 0 Å². The Morgan fingerprint density at radius 3 is 2.79 bits per heavy atom. The van der Waals surface area contributed by atoms with E-state index < -0.39 is 11.5 Å². The smallest absolute Gasteiger partial charge is 0.441 e. The summed E-state index contributed by atoms with van der Waals surface area (Å²) in [6.07, 6.45) is 0. The zero-order chi connectivity index (χ0) is 14.0. The number of rotatable bonds is 4. The number of hydrogen-bond acceptors (Lipinski definition) is 4. The van der Waals surface area contributed by atoms with Crippen LogP contribution in [0.4, 0.5) is 13.2 Å².